The van der Waals surface area contributed by atoms with Gasteiger partial charge in [0.1, 0.15) is 11.2 Å². The lowest BCUT2D eigenvalue weighted by molar-refractivity contribution is -0.385. The molecule has 0 aromatic heterocycles. The predicted octanol–water partition coefficient (Wildman–Crippen LogP) is 0.722. The van der Waals surface area contributed by atoms with E-state index >= 15 is 0 Å². The number of nitro benzene ring substituents is 1. The second-order valence-electron chi connectivity index (χ2n) is 4.39. The number of carbonyl (C=O) groups excluding carboxylic acids is 1. The summed E-state index contributed by atoms with van der Waals surface area (Å²) >= 11 is 0. The molecule has 0 bridgehead atoms. The number of methoxy groups -OCH3 is 1. The van der Waals surface area contributed by atoms with E-state index in [1.54, 1.807) is 0 Å². The zero-order valence-electron chi connectivity index (χ0n) is 10.8. The fourth-order valence-electron chi connectivity index (χ4n) is 1.55. The van der Waals surface area contributed by atoms with Crippen LogP contribution < -0.4 is 5.32 Å². The van der Waals surface area contributed by atoms with Gasteiger partial charge in [0.05, 0.1) is 11.5 Å². The van der Waals surface area contributed by atoms with E-state index in [9.17, 15) is 20.0 Å². The van der Waals surface area contributed by atoms with E-state index in [4.69, 9.17) is 4.74 Å². The Balaban J connectivity index is 2.77. The van der Waals surface area contributed by atoms with Crippen LogP contribution in [0.1, 0.15) is 17.3 Å². The summed E-state index contributed by atoms with van der Waals surface area (Å²) in [6, 6.07) is 5.63. The summed E-state index contributed by atoms with van der Waals surface area (Å²) < 4.78 is 4.80. The van der Waals surface area contributed by atoms with Gasteiger partial charge in [0.2, 0.25) is 0 Å². The number of hydrogen-bond acceptors (Lipinski definition) is 5. The third kappa shape index (κ3) is 4.31. The van der Waals surface area contributed by atoms with E-state index in [1.165, 1.54) is 38.3 Å². The number of aliphatic hydroxyl groups is 1. The number of benzene rings is 1. The Morgan fingerprint density at radius 3 is 2.74 bits per heavy atom. The average molecular weight is 268 g/mol. The van der Waals surface area contributed by atoms with Gasteiger partial charge in [0, 0.05) is 19.7 Å². The number of rotatable bonds is 6. The molecule has 0 aliphatic rings. The van der Waals surface area contributed by atoms with Gasteiger partial charge in [-0.15, -0.1) is 0 Å². The van der Waals surface area contributed by atoms with Crippen molar-refractivity contribution < 1.29 is 19.6 Å². The van der Waals surface area contributed by atoms with Crippen molar-refractivity contribution in [3.63, 3.8) is 0 Å². The second-order valence-corrected chi connectivity index (χ2v) is 4.39. The molecule has 0 aliphatic carbocycles. The van der Waals surface area contributed by atoms with Gasteiger partial charge in [-0.1, -0.05) is 12.1 Å². The Bertz CT molecular complexity index is 473. The number of nitrogens with zero attached hydrogens (tertiary/aromatic N) is 1. The normalized spacial score (nSPS) is 13.6. The second kappa shape index (κ2) is 6.26. The summed E-state index contributed by atoms with van der Waals surface area (Å²) in [5.41, 5.74) is -1.54. The van der Waals surface area contributed by atoms with E-state index in [2.05, 4.69) is 5.32 Å². The molecular formula is C12H16N2O5. The molecule has 19 heavy (non-hydrogen) atoms. The number of amides is 1. The van der Waals surface area contributed by atoms with Crippen molar-refractivity contribution in [3.05, 3.63) is 39.9 Å². The molecule has 1 amide bonds. The fourth-order valence-corrected chi connectivity index (χ4v) is 1.55. The van der Waals surface area contributed by atoms with Crippen molar-refractivity contribution in [1.29, 1.82) is 0 Å². The first-order valence-electron chi connectivity index (χ1n) is 5.60. The van der Waals surface area contributed by atoms with E-state index in [1.807, 2.05) is 0 Å². The highest BCUT2D eigenvalue weighted by molar-refractivity contribution is 5.98. The maximum Gasteiger partial charge on any atom is 0.282 e. The van der Waals surface area contributed by atoms with Crippen LogP contribution in [0.15, 0.2) is 24.3 Å². The molecule has 1 rings (SSSR count). The Morgan fingerprint density at radius 2 is 2.16 bits per heavy atom. The molecule has 104 valence electrons. The SMILES string of the molecule is COCC(C)(O)CNC(=O)c1ccccc1[N+](=O)[O-]. The Kier molecular flexibility index (Phi) is 4.96. The van der Waals surface area contributed by atoms with Crippen LogP contribution in [-0.2, 0) is 4.74 Å². The first-order valence-corrected chi connectivity index (χ1v) is 5.60. The first-order chi connectivity index (χ1) is 8.87. The van der Waals surface area contributed by atoms with Crippen molar-refractivity contribution in [2.24, 2.45) is 0 Å². The molecule has 1 unspecified atom stereocenters. The van der Waals surface area contributed by atoms with Crippen molar-refractivity contribution in [2.75, 3.05) is 20.3 Å². The predicted molar refractivity (Wildman–Crippen MR) is 67.9 cm³/mol. The van der Waals surface area contributed by atoms with Gasteiger partial charge in [0.15, 0.2) is 0 Å². The Morgan fingerprint density at radius 1 is 1.53 bits per heavy atom. The molecule has 0 heterocycles. The van der Waals surface area contributed by atoms with Crippen LogP contribution in [0.3, 0.4) is 0 Å². The van der Waals surface area contributed by atoms with Crippen LogP contribution in [-0.4, -0.2) is 41.8 Å². The van der Waals surface area contributed by atoms with Crippen LogP contribution in [0.25, 0.3) is 0 Å². The smallest absolute Gasteiger partial charge is 0.282 e. The molecule has 1 aromatic rings. The number of nitrogens with one attached hydrogen (secondary N) is 1. The van der Waals surface area contributed by atoms with Gasteiger partial charge in [-0.05, 0) is 13.0 Å². The lowest BCUT2D eigenvalue weighted by atomic mass is 10.1. The Hall–Kier alpha value is -1.99. The van der Waals surface area contributed by atoms with Gasteiger partial charge in [0.25, 0.3) is 11.6 Å². The highest BCUT2D eigenvalue weighted by atomic mass is 16.6. The number of ether oxygens (including phenoxy) is 1. The highest BCUT2D eigenvalue weighted by Gasteiger charge is 2.24. The fraction of sp³-hybridized carbons (Fsp3) is 0.417. The van der Waals surface area contributed by atoms with Crippen LogP contribution in [0.4, 0.5) is 5.69 Å². The number of nitro groups is 1. The molecule has 7 nitrogen and oxygen atoms in total. The topological polar surface area (TPSA) is 102 Å². The molecule has 0 fully saturated rings. The number of carbonyl (C=O) groups is 1. The molecule has 1 aromatic carbocycles. The maximum absolute atomic E-state index is 11.9. The molecule has 1 atom stereocenters. The maximum atomic E-state index is 11.9. The third-order valence-electron chi connectivity index (χ3n) is 2.43. The van der Waals surface area contributed by atoms with Gasteiger partial charge in [-0.25, -0.2) is 0 Å². The largest absolute Gasteiger partial charge is 0.386 e. The van der Waals surface area contributed by atoms with Gasteiger partial charge < -0.3 is 15.2 Å². The summed E-state index contributed by atoms with van der Waals surface area (Å²) in [6.45, 7) is 1.48. The lowest BCUT2D eigenvalue weighted by Gasteiger charge is -2.22. The van der Waals surface area contributed by atoms with Crippen molar-refractivity contribution in [1.82, 2.24) is 5.32 Å². The lowest BCUT2D eigenvalue weighted by Crippen LogP contribution is -2.43. The number of hydrogen-bond donors (Lipinski definition) is 2. The molecule has 7 heteroatoms. The quantitative estimate of drug-likeness (QED) is 0.584. The monoisotopic (exact) mass is 268 g/mol. The zero-order chi connectivity index (χ0) is 14.5. The molecule has 0 saturated heterocycles. The van der Waals surface area contributed by atoms with Gasteiger partial charge >= 0.3 is 0 Å². The van der Waals surface area contributed by atoms with Crippen LogP contribution in [0.5, 0.6) is 0 Å². The molecule has 0 saturated carbocycles. The molecule has 0 spiro atoms. The minimum absolute atomic E-state index is 0.0410. The van der Waals surface area contributed by atoms with Crippen LogP contribution >= 0.6 is 0 Å². The summed E-state index contributed by atoms with van der Waals surface area (Å²) in [5.74, 6) is -0.608. The van der Waals surface area contributed by atoms with Gasteiger partial charge in [-0.3, -0.25) is 14.9 Å². The molecular weight excluding hydrogens is 252 g/mol. The minimum Gasteiger partial charge on any atom is -0.386 e. The highest BCUT2D eigenvalue weighted by Crippen LogP contribution is 2.17. The molecule has 2 N–H and O–H groups in total. The first kappa shape index (κ1) is 15.1. The minimum atomic E-state index is -1.23. The van der Waals surface area contributed by atoms with Gasteiger partial charge in [-0.2, -0.15) is 0 Å². The standard InChI is InChI=1S/C12H16N2O5/c1-12(16,8-19-2)7-13-11(15)9-5-3-4-6-10(9)14(17)18/h3-6,16H,7-8H2,1-2H3,(H,13,15). The molecule has 0 radical (unpaired) electrons. The van der Waals surface area contributed by atoms with E-state index in [0.29, 0.717) is 0 Å². The van der Waals surface area contributed by atoms with E-state index in [0.717, 1.165) is 0 Å². The number of para-hydroxylation sites is 1. The van der Waals surface area contributed by atoms with Crippen molar-refractivity contribution in [2.45, 2.75) is 12.5 Å². The summed E-state index contributed by atoms with van der Waals surface area (Å²) in [5, 5.41) is 23.0. The van der Waals surface area contributed by atoms with Crippen molar-refractivity contribution in [3.8, 4) is 0 Å². The van der Waals surface area contributed by atoms with E-state index < -0.39 is 16.4 Å². The Labute approximate surface area is 110 Å². The van der Waals surface area contributed by atoms with Crippen LogP contribution in [0.2, 0.25) is 0 Å². The third-order valence-corrected chi connectivity index (χ3v) is 2.43. The summed E-state index contributed by atoms with van der Waals surface area (Å²) in [6.07, 6.45) is 0. The molecule has 0 aliphatic heterocycles. The summed E-state index contributed by atoms with van der Waals surface area (Å²) in [4.78, 5) is 22.0. The summed E-state index contributed by atoms with van der Waals surface area (Å²) in [7, 11) is 1.43. The average Bonchev–Trinajstić information content (AvgIpc) is 2.36. The van der Waals surface area contributed by atoms with Crippen molar-refractivity contribution >= 4 is 11.6 Å². The van der Waals surface area contributed by atoms with Crippen LogP contribution in [0, 0.1) is 10.1 Å². The van der Waals surface area contributed by atoms with E-state index in [-0.39, 0.29) is 24.4 Å². The zero-order valence-corrected chi connectivity index (χ0v) is 10.8.